The van der Waals surface area contributed by atoms with E-state index in [2.05, 4.69) is 0 Å². The molecule has 0 aliphatic heterocycles. The van der Waals surface area contributed by atoms with Gasteiger partial charge in [0, 0.05) is 11.8 Å². The second-order valence-electron chi connectivity index (χ2n) is 4.62. The lowest BCUT2D eigenvalue weighted by atomic mass is 10.0. The summed E-state index contributed by atoms with van der Waals surface area (Å²) in [6.45, 7) is 1.76. The molecular formula is C9H17NO2S. The Balaban J connectivity index is 2.20. The molecule has 3 unspecified atom stereocenters. The Morgan fingerprint density at radius 1 is 1.38 bits per heavy atom. The molecule has 2 fully saturated rings. The number of hydrogen-bond acceptors (Lipinski definition) is 3. The van der Waals surface area contributed by atoms with Crippen LogP contribution in [0.3, 0.4) is 0 Å². The van der Waals surface area contributed by atoms with Crippen LogP contribution in [0.15, 0.2) is 0 Å². The molecule has 0 amide bonds. The van der Waals surface area contributed by atoms with E-state index < -0.39 is 9.84 Å². The average Bonchev–Trinajstić information content (AvgIpc) is 2.51. The first kappa shape index (κ1) is 9.46. The van der Waals surface area contributed by atoms with E-state index in [0.29, 0.717) is 11.8 Å². The van der Waals surface area contributed by atoms with Crippen LogP contribution < -0.4 is 5.73 Å². The van der Waals surface area contributed by atoms with Crippen molar-refractivity contribution in [2.24, 2.45) is 17.6 Å². The maximum Gasteiger partial charge on any atom is 0.151 e. The van der Waals surface area contributed by atoms with Gasteiger partial charge in [-0.2, -0.15) is 0 Å². The molecule has 0 aromatic rings. The molecule has 2 rings (SSSR count). The van der Waals surface area contributed by atoms with Crippen LogP contribution >= 0.6 is 0 Å². The van der Waals surface area contributed by atoms with E-state index in [4.69, 9.17) is 5.73 Å². The van der Waals surface area contributed by atoms with E-state index in [0.717, 1.165) is 12.8 Å². The Labute approximate surface area is 79.6 Å². The Bertz CT molecular complexity index is 313. The van der Waals surface area contributed by atoms with Crippen LogP contribution in [0.4, 0.5) is 0 Å². The monoisotopic (exact) mass is 203 g/mol. The third-order valence-corrected chi connectivity index (χ3v) is 5.73. The largest absolute Gasteiger partial charge is 0.324 e. The summed E-state index contributed by atoms with van der Waals surface area (Å²) in [6, 6.07) is 0. The molecule has 2 aliphatic carbocycles. The van der Waals surface area contributed by atoms with E-state index >= 15 is 0 Å². The van der Waals surface area contributed by atoms with Crippen LogP contribution in [0.2, 0.25) is 0 Å². The van der Waals surface area contributed by atoms with Gasteiger partial charge in [0.25, 0.3) is 0 Å². The molecule has 76 valence electrons. The highest BCUT2D eigenvalue weighted by Crippen LogP contribution is 2.61. The molecular weight excluding hydrogens is 186 g/mol. The van der Waals surface area contributed by atoms with Gasteiger partial charge in [-0.25, -0.2) is 8.42 Å². The summed E-state index contributed by atoms with van der Waals surface area (Å²) >= 11 is 0. The SMILES string of the molecule is CC(C1(N)C2CCCC21)S(C)(=O)=O. The van der Waals surface area contributed by atoms with E-state index in [-0.39, 0.29) is 10.8 Å². The molecule has 3 atom stereocenters. The van der Waals surface area contributed by atoms with Gasteiger partial charge in [-0.15, -0.1) is 0 Å². The maximum atomic E-state index is 11.4. The average molecular weight is 203 g/mol. The highest BCUT2D eigenvalue weighted by atomic mass is 32.2. The molecule has 0 bridgehead atoms. The van der Waals surface area contributed by atoms with E-state index in [9.17, 15) is 8.42 Å². The Morgan fingerprint density at radius 3 is 2.23 bits per heavy atom. The molecule has 0 spiro atoms. The van der Waals surface area contributed by atoms with Crippen LogP contribution in [0.25, 0.3) is 0 Å². The van der Waals surface area contributed by atoms with Gasteiger partial charge in [-0.1, -0.05) is 6.42 Å². The fraction of sp³-hybridized carbons (Fsp3) is 1.00. The Kier molecular flexibility index (Phi) is 1.81. The number of hydrogen-bond donors (Lipinski definition) is 1. The molecule has 13 heavy (non-hydrogen) atoms. The predicted molar refractivity (Wildman–Crippen MR) is 52.1 cm³/mol. The summed E-state index contributed by atoms with van der Waals surface area (Å²) in [6.07, 6.45) is 4.77. The van der Waals surface area contributed by atoms with E-state index in [1.165, 1.54) is 12.7 Å². The van der Waals surface area contributed by atoms with Crippen molar-refractivity contribution in [3.05, 3.63) is 0 Å². The molecule has 0 aromatic carbocycles. The van der Waals surface area contributed by atoms with Crippen LogP contribution in [0.5, 0.6) is 0 Å². The summed E-state index contributed by atoms with van der Waals surface area (Å²) < 4.78 is 22.7. The zero-order valence-electron chi connectivity index (χ0n) is 8.16. The first-order valence-electron chi connectivity index (χ1n) is 4.86. The second kappa shape index (κ2) is 2.48. The number of sulfone groups is 1. The van der Waals surface area contributed by atoms with Gasteiger partial charge in [0.1, 0.15) is 0 Å². The summed E-state index contributed by atoms with van der Waals surface area (Å²) in [5.74, 6) is 0.967. The Morgan fingerprint density at radius 2 is 1.85 bits per heavy atom. The predicted octanol–water partition coefficient (Wildman–Crippen LogP) is 0.547. The van der Waals surface area contributed by atoms with Gasteiger partial charge in [0.15, 0.2) is 9.84 Å². The van der Waals surface area contributed by atoms with Gasteiger partial charge in [-0.3, -0.25) is 0 Å². The topological polar surface area (TPSA) is 60.2 Å². The molecule has 0 saturated heterocycles. The number of rotatable bonds is 2. The van der Waals surface area contributed by atoms with Gasteiger partial charge < -0.3 is 5.73 Å². The van der Waals surface area contributed by atoms with Crippen molar-refractivity contribution < 1.29 is 8.42 Å². The zero-order chi connectivity index (χ0) is 9.85. The van der Waals surface area contributed by atoms with Crippen LogP contribution in [0, 0.1) is 11.8 Å². The van der Waals surface area contributed by atoms with Crippen molar-refractivity contribution in [2.75, 3.05) is 6.26 Å². The molecule has 2 N–H and O–H groups in total. The lowest BCUT2D eigenvalue weighted by molar-refractivity contribution is 0.477. The molecule has 2 saturated carbocycles. The highest BCUT2D eigenvalue weighted by Gasteiger charge is 2.67. The first-order chi connectivity index (χ1) is 5.88. The summed E-state index contributed by atoms with van der Waals surface area (Å²) in [7, 11) is -2.97. The zero-order valence-corrected chi connectivity index (χ0v) is 8.97. The van der Waals surface area contributed by atoms with Crippen molar-refractivity contribution in [2.45, 2.75) is 37.0 Å². The lowest BCUT2D eigenvalue weighted by Gasteiger charge is -2.21. The van der Waals surface area contributed by atoms with Crippen molar-refractivity contribution in [1.82, 2.24) is 0 Å². The smallest absolute Gasteiger partial charge is 0.151 e. The van der Waals surface area contributed by atoms with Crippen LogP contribution in [-0.4, -0.2) is 25.5 Å². The molecule has 0 heterocycles. The number of nitrogens with two attached hydrogens (primary N) is 1. The quantitative estimate of drug-likeness (QED) is 0.713. The first-order valence-corrected chi connectivity index (χ1v) is 6.81. The van der Waals surface area contributed by atoms with Crippen molar-refractivity contribution >= 4 is 9.84 Å². The summed E-state index contributed by atoms with van der Waals surface area (Å²) in [4.78, 5) is 0. The second-order valence-corrected chi connectivity index (χ2v) is 6.98. The van der Waals surface area contributed by atoms with E-state index in [1.54, 1.807) is 6.92 Å². The number of fused-ring (bicyclic) bond motifs is 1. The summed E-state index contributed by atoms with van der Waals surface area (Å²) in [5.41, 5.74) is 5.76. The summed E-state index contributed by atoms with van der Waals surface area (Å²) in [5, 5.41) is -0.365. The van der Waals surface area contributed by atoms with Gasteiger partial charge in [0.05, 0.1) is 5.25 Å². The molecule has 4 heteroatoms. The van der Waals surface area contributed by atoms with Gasteiger partial charge in [-0.05, 0) is 31.6 Å². The van der Waals surface area contributed by atoms with Crippen LogP contribution in [-0.2, 0) is 9.84 Å². The minimum atomic E-state index is -2.97. The Hall–Kier alpha value is -0.0900. The van der Waals surface area contributed by atoms with E-state index in [1.807, 2.05) is 0 Å². The molecule has 0 aromatic heterocycles. The normalized spacial score (nSPS) is 45.8. The molecule has 2 aliphatic rings. The van der Waals surface area contributed by atoms with Crippen molar-refractivity contribution in [1.29, 1.82) is 0 Å². The van der Waals surface area contributed by atoms with Gasteiger partial charge in [0.2, 0.25) is 0 Å². The van der Waals surface area contributed by atoms with Crippen molar-refractivity contribution in [3.8, 4) is 0 Å². The third-order valence-electron chi connectivity index (χ3n) is 4.04. The molecule has 0 radical (unpaired) electrons. The molecule has 3 nitrogen and oxygen atoms in total. The maximum absolute atomic E-state index is 11.4. The van der Waals surface area contributed by atoms with Crippen molar-refractivity contribution in [3.63, 3.8) is 0 Å². The minimum absolute atomic E-state index is 0.365. The standard InChI is InChI=1S/C9H17NO2S/c1-6(13(2,11)12)9(10)7-4-3-5-8(7)9/h6-8H,3-5,10H2,1-2H3. The van der Waals surface area contributed by atoms with Crippen LogP contribution in [0.1, 0.15) is 26.2 Å². The minimum Gasteiger partial charge on any atom is -0.324 e. The van der Waals surface area contributed by atoms with Gasteiger partial charge >= 0.3 is 0 Å². The fourth-order valence-corrected chi connectivity index (χ4v) is 4.11. The third kappa shape index (κ3) is 1.15. The highest BCUT2D eigenvalue weighted by molar-refractivity contribution is 7.91. The lowest BCUT2D eigenvalue weighted by Crippen LogP contribution is -2.44. The fourth-order valence-electron chi connectivity index (χ4n) is 3.02.